The molecule has 0 N–H and O–H groups in total. The third-order valence-electron chi connectivity index (χ3n) is 5.47. The predicted molar refractivity (Wildman–Crippen MR) is 126 cm³/mol. The molecule has 2 aromatic rings. The van der Waals surface area contributed by atoms with Crippen molar-refractivity contribution in [2.75, 3.05) is 25.5 Å². The molecule has 0 aliphatic carbocycles. The van der Waals surface area contributed by atoms with Gasteiger partial charge in [0, 0.05) is 39.8 Å². The molecule has 164 valence electrons. The molecule has 30 heavy (non-hydrogen) atoms. The van der Waals surface area contributed by atoms with Crippen molar-refractivity contribution in [2.45, 2.75) is 59.6 Å². The third-order valence-corrected chi connectivity index (χ3v) is 5.47. The van der Waals surface area contributed by atoms with E-state index in [9.17, 15) is 4.79 Å². The Balaban J connectivity index is 2.05. The molecule has 0 heterocycles. The van der Waals surface area contributed by atoms with Gasteiger partial charge in [-0.25, -0.2) is 0 Å². The van der Waals surface area contributed by atoms with Gasteiger partial charge in [-0.2, -0.15) is 0 Å². The van der Waals surface area contributed by atoms with E-state index in [1.54, 1.807) is 6.92 Å². The van der Waals surface area contributed by atoms with Crippen molar-refractivity contribution in [2.24, 2.45) is 5.92 Å². The highest BCUT2D eigenvalue weighted by Crippen LogP contribution is 2.30. The van der Waals surface area contributed by atoms with Crippen molar-refractivity contribution >= 4 is 11.6 Å². The summed E-state index contributed by atoms with van der Waals surface area (Å²) in [7, 11) is 4.06. The second kappa shape index (κ2) is 11.1. The number of benzene rings is 2. The maximum absolute atomic E-state index is 12.3. The molecule has 0 aromatic heterocycles. The summed E-state index contributed by atoms with van der Waals surface area (Å²) in [4.78, 5) is 16.3. The van der Waals surface area contributed by atoms with Gasteiger partial charge in [-0.3, -0.25) is 4.79 Å². The summed E-state index contributed by atoms with van der Waals surface area (Å²) in [6.07, 6.45) is 1.12. The molecule has 0 saturated carbocycles. The van der Waals surface area contributed by atoms with E-state index in [1.807, 2.05) is 32.8 Å². The Bertz CT molecular complexity index is 780. The normalized spacial score (nSPS) is 12.2. The molecule has 0 spiro atoms. The lowest BCUT2D eigenvalue weighted by molar-refractivity contribution is -0.129. The molecule has 1 unspecified atom stereocenters. The van der Waals surface area contributed by atoms with Crippen molar-refractivity contribution in [3.8, 4) is 5.75 Å². The number of anilines is 1. The summed E-state index contributed by atoms with van der Waals surface area (Å²) < 4.78 is 5.77. The smallest absolute Gasteiger partial charge is 0.219 e. The Morgan fingerprint density at radius 1 is 0.933 bits per heavy atom. The van der Waals surface area contributed by atoms with Crippen LogP contribution in [-0.4, -0.2) is 37.6 Å². The third kappa shape index (κ3) is 7.08. The van der Waals surface area contributed by atoms with Crippen LogP contribution in [-0.2, 0) is 11.3 Å². The van der Waals surface area contributed by atoms with Crippen LogP contribution < -0.4 is 9.64 Å². The Hall–Kier alpha value is -2.49. The fraction of sp³-hybridized carbons (Fsp3) is 0.500. The van der Waals surface area contributed by atoms with Crippen LogP contribution in [0.1, 0.15) is 58.1 Å². The van der Waals surface area contributed by atoms with E-state index in [4.69, 9.17) is 4.74 Å². The Labute approximate surface area is 182 Å². The van der Waals surface area contributed by atoms with Gasteiger partial charge in [0.25, 0.3) is 0 Å². The quantitative estimate of drug-likeness (QED) is 0.502. The fourth-order valence-corrected chi connectivity index (χ4v) is 3.71. The lowest BCUT2D eigenvalue weighted by atomic mass is 9.85. The van der Waals surface area contributed by atoms with Gasteiger partial charge in [0.15, 0.2) is 0 Å². The van der Waals surface area contributed by atoms with Gasteiger partial charge < -0.3 is 14.5 Å². The van der Waals surface area contributed by atoms with E-state index in [0.29, 0.717) is 18.4 Å². The molecule has 0 saturated heterocycles. The summed E-state index contributed by atoms with van der Waals surface area (Å²) in [5.41, 5.74) is 3.63. The number of hydrogen-bond acceptors (Lipinski definition) is 3. The lowest BCUT2D eigenvalue weighted by Gasteiger charge is -2.27. The van der Waals surface area contributed by atoms with Gasteiger partial charge in [0.05, 0.1) is 6.10 Å². The van der Waals surface area contributed by atoms with Gasteiger partial charge in [0.2, 0.25) is 5.91 Å². The van der Waals surface area contributed by atoms with Gasteiger partial charge in [-0.15, -0.1) is 0 Å². The molecule has 1 amide bonds. The zero-order valence-corrected chi connectivity index (χ0v) is 19.7. The Kier molecular flexibility index (Phi) is 8.76. The van der Waals surface area contributed by atoms with Crippen LogP contribution in [0.15, 0.2) is 48.5 Å². The van der Waals surface area contributed by atoms with E-state index in [0.717, 1.165) is 30.0 Å². The number of carbonyl (C=O) groups is 1. The molecular weight excluding hydrogens is 372 g/mol. The summed E-state index contributed by atoms with van der Waals surface area (Å²) in [5, 5.41) is 0. The molecule has 1 atom stereocenters. The van der Waals surface area contributed by atoms with Crippen LogP contribution >= 0.6 is 0 Å². The van der Waals surface area contributed by atoms with Crippen molar-refractivity contribution < 1.29 is 9.53 Å². The first-order valence-corrected chi connectivity index (χ1v) is 11.0. The van der Waals surface area contributed by atoms with Crippen LogP contribution in [0.2, 0.25) is 0 Å². The average Bonchev–Trinajstić information content (AvgIpc) is 2.68. The SMILES string of the molecule is CC(=O)N(CCC(c1ccc(OC(C)C)cc1)C(C)C)Cc1ccc(N(C)C)cc1. The molecule has 0 radical (unpaired) electrons. The zero-order valence-electron chi connectivity index (χ0n) is 19.7. The number of carbonyl (C=O) groups excluding carboxylic acids is 1. The molecule has 0 aliphatic rings. The Morgan fingerprint density at radius 2 is 1.53 bits per heavy atom. The number of rotatable bonds is 10. The summed E-state index contributed by atoms with van der Waals surface area (Å²) in [6.45, 7) is 11.6. The van der Waals surface area contributed by atoms with Crippen LogP contribution in [0.25, 0.3) is 0 Å². The molecular formula is C26H38N2O2. The number of ether oxygens (including phenoxy) is 1. The minimum atomic E-state index is 0.120. The van der Waals surface area contributed by atoms with Gasteiger partial charge in [0.1, 0.15) is 5.75 Å². The molecule has 4 nitrogen and oxygen atoms in total. The molecule has 0 aliphatic heterocycles. The average molecular weight is 411 g/mol. The monoisotopic (exact) mass is 410 g/mol. The highest BCUT2D eigenvalue weighted by Gasteiger charge is 2.19. The van der Waals surface area contributed by atoms with Crippen molar-refractivity contribution in [1.82, 2.24) is 4.90 Å². The number of amides is 1. The largest absolute Gasteiger partial charge is 0.491 e. The van der Waals surface area contributed by atoms with E-state index in [1.165, 1.54) is 5.56 Å². The molecule has 2 rings (SSSR count). The second-order valence-corrected chi connectivity index (χ2v) is 8.88. The standard InChI is InChI=1S/C26H38N2O2/c1-19(2)26(23-10-14-25(15-11-23)30-20(3)4)16-17-28(21(5)29)18-22-8-12-24(13-9-22)27(6)7/h8-15,19-20,26H,16-18H2,1-7H3. The van der Waals surface area contributed by atoms with Gasteiger partial charge in [-0.1, -0.05) is 38.1 Å². The van der Waals surface area contributed by atoms with Crippen LogP contribution in [0.5, 0.6) is 5.75 Å². The highest BCUT2D eigenvalue weighted by molar-refractivity contribution is 5.73. The maximum Gasteiger partial charge on any atom is 0.219 e. The minimum Gasteiger partial charge on any atom is -0.491 e. The van der Waals surface area contributed by atoms with Crippen LogP contribution in [0, 0.1) is 5.92 Å². The van der Waals surface area contributed by atoms with E-state index in [2.05, 4.69) is 67.3 Å². The Morgan fingerprint density at radius 3 is 2.00 bits per heavy atom. The summed E-state index contributed by atoms with van der Waals surface area (Å²) >= 11 is 0. The summed E-state index contributed by atoms with van der Waals surface area (Å²) in [5.74, 6) is 1.92. The second-order valence-electron chi connectivity index (χ2n) is 8.88. The molecule has 0 bridgehead atoms. The first kappa shape index (κ1) is 23.8. The van der Waals surface area contributed by atoms with Gasteiger partial charge in [-0.05, 0) is 67.5 Å². The van der Waals surface area contributed by atoms with Crippen molar-refractivity contribution in [3.63, 3.8) is 0 Å². The van der Waals surface area contributed by atoms with Crippen molar-refractivity contribution in [1.29, 1.82) is 0 Å². The summed E-state index contributed by atoms with van der Waals surface area (Å²) in [6, 6.07) is 16.9. The first-order valence-electron chi connectivity index (χ1n) is 11.0. The molecule has 2 aromatic carbocycles. The van der Waals surface area contributed by atoms with E-state index in [-0.39, 0.29) is 12.0 Å². The number of hydrogen-bond donors (Lipinski definition) is 0. The first-order chi connectivity index (χ1) is 14.2. The fourth-order valence-electron chi connectivity index (χ4n) is 3.71. The zero-order chi connectivity index (χ0) is 22.3. The molecule has 4 heteroatoms. The van der Waals surface area contributed by atoms with Crippen LogP contribution in [0.4, 0.5) is 5.69 Å². The van der Waals surface area contributed by atoms with E-state index < -0.39 is 0 Å². The topological polar surface area (TPSA) is 32.8 Å². The maximum atomic E-state index is 12.3. The van der Waals surface area contributed by atoms with Gasteiger partial charge >= 0.3 is 0 Å². The van der Waals surface area contributed by atoms with Crippen molar-refractivity contribution in [3.05, 3.63) is 59.7 Å². The predicted octanol–water partition coefficient (Wildman–Crippen LogP) is 5.72. The van der Waals surface area contributed by atoms with E-state index >= 15 is 0 Å². The molecule has 0 fully saturated rings. The highest BCUT2D eigenvalue weighted by atomic mass is 16.5. The number of nitrogens with zero attached hydrogens (tertiary/aromatic N) is 2. The lowest BCUT2D eigenvalue weighted by Crippen LogP contribution is -2.30. The van der Waals surface area contributed by atoms with Crippen LogP contribution in [0.3, 0.4) is 0 Å². The minimum absolute atomic E-state index is 0.120.